The van der Waals surface area contributed by atoms with E-state index in [1.807, 2.05) is 11.1 Å². The van der Waals surface area contributed by atoms with Gasteiger partial charge < -0.3 is 15.0 Å². The maximum absolute atomic E-state index is 13.0. The zero-order chi connectivity index (χ0) is 20.1. The van der Waals surface area contributed by atoms with Gasteiger partial charge in [-0.15, -0.1) is 11.3 Å². The highest BCUT2D eigenvalue weighted by Gasteiger charge is 2.32. The van der Waals surface area contributed by atoms with Gasteiger partial charge >= 0.3 is 6.18 Å². The van der Waals surface area contributed by atoms with Crippen LogP contribution in [0.4, 0.5) is 13.2 Å². The number of hydrogen-bond donors (Lipinski definition) is 1. The van der Waals surface area contributed by atoms with Crippen molar-refractivity contribution in [3.05, 3.63) is 51.5 Å². The van der Waals surface area contributed by atoms with E-state index in [0.717, 1.165) is 23.6 Å². The summed E-state index contributed by atoms with van der Waals surface area (Å²) in [6.45, 7) is 4.11. The Bertz CT molecular complexity index is 822. The van der Waals surface area contributed by atoms with Crippen molar-refractivity contribution in [3.8, 4) is 0 Å². The molecule has 1 aliphatic rings. The number of aromatic nitrogens is 1. The largest absolute Gasteiger partial charge is 0.416 e. The van der Waals surface area contributed by atoms with Crippen LogP contribution in [0.15, 0.2) is 35.5 Å². The third kappa shape index (κ3) is 5.02. The molecule has 1 aromatic carbocycles. The summed E-state index contributed by atoms with van der Waals surface area (Å²) in [5, 5.41) is 4.26. The Morgan fingerprint density at radius 1 is 1.43 bits per heavy atom. The molecular weight excluding hydrogens is 389 g/mol. The quantitative estimate of drug-likeness (QED) is 0.612. The summed E-state index contributed by atoms with van der Waals surface area (Å²) in [5.74, 6) is 0.688. The molecule has 2 aromatic rings. The van der Waals surface area contributed by atoms with Gasteiger partial charge in [-0.25, -0.2) is 4.98 Å². The molecule has 1 fully saturated rings. The third-order valence-corrected chi connectivity index (χ3v) is 5.65. The van der Waals surface area contributed by atoms with Crippen LogP contribution in [-0.4, -0.2) is 42.6 Å². The van der Waals surface area contributed by atoms with E-state index in [2.05, 4.69) is 22.2 Å². The summed E-state index contributed by atoms with van der Waals surface area (Å²) >= 11 is 1.65. The summed E-state index contributed by atoms with van der Waals surface area (Å²) in [6, 6.07) is 5.32. The van der Waals surface area contributed by atoms with Gasteiger partial charge in [0.05, 0.1) is 25.3 Å². The van der Waals surface area contributed by atoms with Crippen LogP contribution in [0.5, 0.6) is 0 Å². The van der Waals surface area contributed by atoms with Gasteiger partial charge in [0.15, 0.2) is 5.96 Å². The monoisotopic (exact) mass is 412 g/mol. The Morgan fingerprint density at radius 3 is 2.93 bits per heavy atom. The van der Waals surface area contributed by atoms with Crippen molar-refractivity contribution < 1.29 is 17.9 Å². The Balaban J connectivity index is 1.66. The standard InChI is InChI=1S/C19H23F3N4OS/c1-3-15-10-24-17(28-15)11-25-18(23-2)26-7-8-27-16(12-26)13-5-4-6-14(9-13)19(20,21)22/h4-6,9-10,16H,3,7-8,11-12H2,1-2H3,(H,23,25). The molecule has 0 radical (unpaired) electrons. The highest BCUT2D eigenvalue weighted by molar-refractivity contribution is 7.11. The smallest absolute Gasteiger partial charge is 0.370 e. The molecule has 0 spiro atoms. The van der Waals surface area contributed by atoms with Crippen molar-refractivity contribution in [1.29, 1.82) is 0 Å². The van der Waals surface area contributed by atoms with Crippen LogP contribution < -0.4 is 5.32 Å². The van der Waals surface area contributed by atoms with E-state index in [1.54, 1.807) is 24.5 Å². The van der Waals surface area contributed by atoms with Gasteiger partial charge in [0.25, 0.3) is 0 Å². The van der Waals surface area contributed by atoms with Crippen molar-refractivity contribution in [2.24, 2.45) is 4.99 Å². The average molecular weight is 412 g/mol. The number of nitrogens with one attached hydrogen (secondary N) is 1. The second kappa shape index (κ2) is 8.91. The second-order valence-electron chi connectivity index (χ2n) is 6.40. The molecular formula is C19H23F3N4OS. The van der Waals surface area contributed by atoms with E-state index in [-0.39, 0.29) is 0 Å². The maximum Gasteiger partial charge on any atom is 0.416 e. The van der Waals surface area contributed by atoms with Crippen molar-refractivity contribution in [2.45, 2.75) is 32.2 Å². The zero-order valence-corrected chi connectivity index (χ0v) is 16.6. The average Bonchev–Trinajstić information content (AvgIpc) is 3.16. The molecule has 1 aliphatic heterocycles. The lowest BCUT2D eigenvalue weighted by Crippen LogP contribution is -2.48. The maximum atomic E-state index is 13.0. The Kier molecular flexibility index (Phi) is 6.56. The van der Waals surface area contributed by atoms with Gasteiger partial charge in [0.1, 0.15) is 11.1 Å². The van der Waals surface area contributed by atoms with Crippen LogP contribution in [0.1, 0.15) is 34.0 Å². The molecule has 0 aliphatic carbocycles. The number of rotatable bonds is 4. The summed E-state index contributed by atoms with van der Waals surface area (Å²) in [5.41, 5.74) is -0.147. The zero-order valence-electron chi connectivity index (χ0n) is 15.8. The van der Waals surface area contributed by atoms with E-state index in [1.165, 1.54) is 10.9 Å². The van der Waals surface area contributed by atoms with Crippen LogP contribution >= 0.6 is 11.3 Å². The number of hydrogen-bond acceptors (Lipinski definition) is 4. The number of morpholine rings is 1. The Hall–Kier alpha value is -2.13. The lowest BCUT2D eigenvalue weighted by atomic mass is 10.0. The molecule has 0 amide bonds. The molecule has 2 heterocycles. The van der Waals surface area contributed by atoms with Crippen LogP contribution in [0.3, 0.4) is 0 Å². The van der Waals surface area contributed by atoms with Crippen LogP contribution in [0, 0.1) is 0 Å². The van der Waals surface area contributed by atoms with Crippen LogP contribution in [0.25, 0.3) is 0 Å². The molecule has 5 nitrogen and oxygen atoms in total. The van der Waals surface area contributed by atoms with Crippen molar-refractivity contribution in [2.75, 3.05) is 26.7 Å². The predicted octanol–water partition coefficient (Wildman–Crippen LogP) is 3.87. The molecule has 152 valence electrons. The molecule has 28 heavy (non-hydrogen) atoms. The number of guanidine groups is 1. The number of aryl methyl sites for hydroxylation is 1. The SMILES string of the molecule is CCc1cnc(CNC(=NC)N2CCOC(c3cccc(C(F)(F)F)c3)C2)s1. The number of aliphatic imine (C=N–C) groups is 1. The molecule has 1 saturated heterocycles. The molecule has 1 N–H and O–H groups in total. The molecule has 1 aromatic heterocycles. The number of halogens is 3. The predicted molar refractivity (Wildman–Crippen MR) is 103 cm³/mol. The first kappa shape index (κ1) is 20.6. The Morgan fingerprint density at radius 2 is 2.25 bits per heavy atom. The number of alkyl halides is 3. The minimum Gasteiger partial charge on any atom is -0.370 e. The summed E-state index contributed by atoms with van der Waals surface area (Å²) in [4.78, 5) is 11.9. The normalized spacial score (nSPS) is 18.4. The van der Waals surface area contributed by atoms with E-state index in [9.17, 15) is 13.2 Å². The first-order valence-corrected chi connectivity index (χ1v) is 9.90. The van der Waals surface area contributed by atoms with E-state index in [0.29, 0.717) is 37.8 Å². The van der Waals surface area contributed by atoms with Crippen LogP contribution in [0.2, 0.25) is 0 Å². The fourth-order valence-corrected chi connectivity index (χ4v) is 3.84. The molecule has 0 saturated carbocycles. The fraction of sp³-hybridized carbons (Fsp3) is 0.474. The van der Waals surface area contributed by atoms with Crippen LogP contribution in [-0.2, 0) is 23.9 Å². The number of ether oxygens (including phenoxy) is 1. The van der Waals surface area contributed by atoms with Gasteiger partial charge in [-0.1, -0.05) is 19.1 Å². The van der Waals surface area contributed by atoms with Gasteiger partial charge in [0, 0.05) is 24.7 Å². The first-order valence-electron chi connectivity index (χ1n) is 9.08. The molecule has 3 rings (SSSR count). The first-order chi connectivity index (χ1) is 13.4. The van der Waals surface area contributed by atoms with Gasteiger partial charge in [-0.2, -0.15) is 13.2 Å². The van der Waals surface area contributed by atoms with Crippen molar-refractivity contribution >= 4 is 17.3 Å². The highest BCUT2D eigenvalue weighted by atomic mass is 32.1. The lowest BCUT2D eigenvalue weighted by Gasteiger charge is -2.35. The summed E-state index contributed by atoms with van der Waals surface area (Å²) in [6.07, 6.45) is -1.98. The molecule has 9 heteroatoms. The third-order valence-electron chi connectivity index (χ3n) is 4.51. The van der Waals surface area contributed by atoms with Gasteiger partial charge in [-0.3, -0.25) is 4.99 Å². The van der Waals surface area contributed by atoms with E-state index >= 15 is 0 Å². The van der Waals surface area contributed by atoms with Gasteiger partial charge in [0.2, 0.25) is 0 Å². The summed E-state index contributed by atoms with van der Waals surface area (Å²) in [7, 11) is 1.69. The van der Waals surface area contributed by atoms with E-state index in [4.69, 9.17) is 4.74 Å². The van der Waals surface area contributed by atoms with Crippen molar-refractivity contribution in [3.63, 3.8) is 0 Å². The van der Waals surface area contributed by atoms with Gasteiger partial charge in [-0.05, 0) is 24.1 Å². The number of nitrogens with zero attached hydrogens (tertiary/aromatic N) is 3. The summed E-state index contributed by atoms with van der Waals surface area (Å²) < 4.78 is 44.7. The second-order valence-corrected chi connectivity index (χ2v) is 7.60. The molecule has 0 bridgehead atoms. The topological polar surface area (TPSA) is 49.8 Å². The number of benzene rings is 1. The molecule has 1 atom stereocenters. The highest BCUT2D eigenvalue weighted by Crippen LogP contribution is 2.32. The minimum absolute atomic E-state index is 0.416. The van der Waals surface area contributed by atoms with Crippen molar-refractivity contribution in [1.82, 2.24) is 15.2 Å². The minimum atomic E-state index is -4.37. The Labute approximate surface area is 166 Å². The number of thiazole rings is 1. The van der Waals surface area contributed by atoms with E-state index < -0.39 is 17.8 Å². The molecule has 1 unspecified atom stereocenters. The fourth-order valence-electron chi connectivity index (χ4n) is 3.04. The lowest BCUT2D eigenvalue weighted by molar-refractivity contribution is -0.137.